The number of fused-ring (bicyclic) bond motifs is 1. The lowest BCUT2D eigenvalue weighted by Crippen LogP contribution is -2.54. The van der Waals surface area contributed by atoms with Gasteiger partial charge < -0.3 is 0 Å². The van der Waals surface area contributed by atoms with Crippen molar-refractivity contribution in [1.29, 1.82) is 0 Å². The van der Waals surface area contributed by atoms with E-state index in [9.17, 15) is 27.6 Å². The summed E-state index contributed by atoms with van der Waals surface area (Å²) in [7, 11) is -3.45. The number of amides is 4. The molecule has 4 aliphatic rings. The largest absolute Gasteiger partial charge is 0.295 e. The molecule has 4 rings (SSSR count). The Hall–Kier alpha value is -1.81. The van der Waals surface area contributed by atoms with Crippen molar-refractivity contribution in [2.24, 2.45) is 17.8 Å². The molecule has 4 unspecified atom stereocenters. The number of rotatable bonds is 5. The number of carbonyl (C=O) groups excluding carboxylic acids is 4. The molecular formula is C20H29N3O6S. The van der Waals surface area contributed by atoms with E-state index >= 15 is 0 Å². The first-order valence-corrected chi connectivity index (χ1v) is 12.6. The van der Waals surface area contributed by atoms with E-state index < -0.39 is 45.6 Å². The lowest BCUT2D eigenvalue weighted by Gasteiger charge is -2.30. The van der Waals surface area contributed by atoms with Crippen LogP contribution in [0.25, 0.3) is 0 Å². The topological polar surface area (TPSA) is 130 Å². The zero-order valence-corrected chi connectivity index (χ0v) is 17.8. The van der Waals surface area contributed by atoms with Gasteiger partial charge in [0.25, 0.3) is 0 Å². The van der Waals surface area contributed by atoms with E-state index in [4.69, 9.17) is 0 Å². The molecule has 10 heteroatoms. The number of carbonyl (C=O) groups is 4. The molecule has 30 heavy (non-hydrogen) atoms. The van der Waals surface area contributed by atoms with Gasteiger partial charge in [0, 0.05) is 12.5 Å². The molecule has 0 bridgehead atoms. The number of piperidine rings is 1. The molecule has 2 N–H and O–H groups in total. The number of nitrogens with one attached hydrogen (secondary N) is 2. The van der Waals surface area contributed by atoms with Crippen molar-refractivity contribution in [3.8, 4) is 0 Å². The molecule has 2 aliphatic carbocycles. The molecule has 2 saturated heterocycles. The van der Waals surface area contributed by atoms with Gasteiger partial charge in [-0.3, -0.25) is 29.4 Å². The molecule has 0 aromatic carbocycles. The summed E-state index contributed by atoms with van der Waals surface area (Å²) in [6.07, 6.45) is 6.57. The maximum absolute atomic E-state index is 13.0. The van der Waals surface area contributed by atoms with Crippen LogP contribution in [0.4, 0.5) is 0 Å². The number of hydrogen-bond donors (Lipinski definition) is 2. The van der Waals surface area contributed by atoms with E-state index in [1.54, 1.807) is 0 Å². The first-order chi connectivity index (χ1) is 14.2. The van der Waals surface area contributed by atoms with Crippen LogP contribution in [0.2, 0.25) is 0 Å². The summed E-state index contributed by atoms with van der Waals surface area (Å²) in [5, 5.41) is 2.19. The second-order valence-corrected chi connectivity index (χ2v) is 10.9. The molecule has 4 fully saturated rings. The van der Waals surface area contributed by atoms with Crippen LogP contribution in [0.5, 0.6) is 0 Å². The van der Waals surface area contributed by atoms with Crippen LogP contribution in [0.3, 0.4) is 0 Å². The van der Waals surface area contributed by atoms with Gasteiger partial charge in [0.1, 0.15) is 6.04 Å². The summed E-state index contributed by atoms with van der Waals surface area (Å²) in [4.78, 5) is 50.4. The fourth-order valence-corrected chi connectivity index (χ4v) is 7.29. The molecule has 0 aromatic rings. The lowest BCUT2D eigenvalue weighted by molar-refractivity contribution is -0.151. The van der Waals surface area contributed by atoms with Crippen molar-refractivity contribution < 1.29 is 27.6 Å². The van der Waals surface area contributed by atoms with Crippen LogP contribution in [0.15, 0.2) is 0 Å². The van der Waals surface area contributed by atoms with Crippen LogP contribution >= 0.6 is 0 Å². The lowest BCUT2D eigenvalue weighted by atomic mass is 9.79. The average Bonchev–Trinajstić information content (AvgIpc) is 2.92. The number of nitrogens with zero attached hydrogens (tertiary/aromatic N) is 1. The molecule has 9 nitrogen and oxygen atoms in total. The van der Waals surface area contributed by atoms with Crippen molar-refractivity contribution in [2.75, 3.05) is 5.75 Å². The predicted molar refractivity (Wildman–Crippen MR) is 106 cm³/mol. The minimum atomic E-state index is -3.45. The first kappa shape index (κ1) is 21.4. The highest BCUT2D eigenvalue weighted by Gasteiger charge is 2.54. The molecule has 2 heterocycles. The van der Waals surface area contributed by atoms with Crippen LogP contribution in [-0.4, -0.2) is 54.8 Å². The summed E-state index contributed by atoms with van der Waals surface area (Å²) in [6, 6.07) is -1.33. The molecule has 2 saturated carbocycles. The smallest absolute Gasteiger partial charge is 0.249 e. The van der Waals surface area contributed by atoms with Gasteiger partial charge in [-0.15, -0.1) is 0 Å². The van der Waals surface area contributed by atoms with Crippen molar-refractivity contribution in [1.82, 2.24) is 14.9 Å². The highest BCUT2D eigenvalue weighted by molar-refractivity contribution is 7.89. The predicted octanol–water partition coefficient (Wildman–Crippen LogP) is 0.445. The third-order valence-corrected chi connectivity index (χ3v) is 8.61. The molecule has 166 valence electrons. The average molecular weight is 440 g/mol. The zero-order valence-electron chi connectivity index (χ0n) is 17.0. The Bertz CT molecular complexity index is 851. The van der Waals surface area contributed by atoms with E-state index in [0.29, 0.717) is 12.8 Å². The number of sulfonamides is 1. The Labute approximate surface area is 176 Å². The molecule has 2 aliphatic heterocycles. The summed E-state index contributed by atoms with van der Waals surface area (Å²) in [6.45, 7) is 0. The number of likely N-dealkylation sites (tertiary alicyclic amines) is 1. The van der Waals surface area contributed by atoms with E-state index in [1.807, 2.05) is 0 Å². The van der Waals surface area contributed by atoms with E-state index in [0.717, 1.165) is 37.0 Å². The Morgan fingerprint density at radius 1 is 0.900 bits per heavy atom. The van der Waals surface area contributed by atoms with Crippen molar-refractivity contribution in [3.63, 3.8) is 0 Å². The van der Waals surface area contributed by atoms with Gasteiger partial charge in [-0.05, 0) is 44.4 Å². The van der Waals surface area contributed by atoms with Crippen LogP contribution in [0.1, 0.15) is 64.2 Å². The van der Waals surface area contributed by atoms with Gasteiger partial charge in [-0.25, -0.2) is 13.1 Å². The maximum atomic E-state index is 13.0. The molecular weight excluding hydrogens is 410 g/mol. The highest BCUT2D eigenvalue weighted by Crippen LogP contribution is 2.40. The quantitative estimate of drug-likeness (QED) is 0.598. The summed E-state index contributed by atoms with van der Waals surface area (Å²) < 4.78 is 28.0. The van der Waals surface area contributed by atoms with Crippen molar-refractivity contribution in [3.05, 3.63) is 0 Å². The van der Waals surface area contributed by atoms with Crippen LogP contribution in [-0.2, 0) is 29.2 Å². The second kappa shape index (κ2) is 8.37. The third-order valence-electron chi connectivity index (χ3n) is 7.01. The molecule has 4 atom stereocenters. The molecule has 4 amide bonds. The third kappa shape index (κ3) is 4.30. The molecule has 0 spiro atoms. The maximum Gasteiger partial charge on any atom is 0.249 e. The van der Waals surface area contributed by atoms with Gasteiger partial charge in [0.15, 0.2) is 0 Å². The first-order valence-electron chi connectivity index (χ1n) is 11.0. The summed E-state index contributed by atoms with van der Waals surface area (Å²) in [5.41, 5.74) is 0. The van der Waals surface area contributed by atoms with Gasteiger partial charge in [-0.1, -0.05) is 19.3 Å². The van der Waals surface area contributed by atoms with Gasteiger partial charge in [0.05, 0.1) is 17.6 Å². The summed E-state index contributed by atoms with van der Waals surface area (Å²) >= 11 is 0. The fourth-order valence-electron chi connectivity index (χ4n) is 5.51. The minimum absolute atomic E-state index is 0.0897. The number of imide groups is 2. The van der Waals surface area contributed by atoms with Crippen molar-refractivity contribution >= 4 is 33.7 Å². The monoisotopic (exact) mass is 439 g/mol. The van der Waals surface area contributed by atoms with E-state index in [1.165, 1.54) is 0 Å². The van der Waals surface area contributed by atoms with E-state index in [-0.39, 0.29) is 42.9 Å². The van der Waals surface area contributed by atoms with Crippen LogP contribution in [0, 0.1) is 17.8 Å². The number of hydrogen-bond acceptors (Lipinski definition) is 6. The minimum Gasteiger partial charge on any atom is -0.295 e. The fraction of sp³-hybridized carbons (Fsp3) is 0.800. The van der Waals surface area contributed by atoms with Gasteiger partial charge >= 0.3 is 0 Å². The van der Waals surface area contributed by atoms with Gasteiger partial charge in [-0.2, -0.15) is 0 Å². The molecule has 0 aromatic heterocycles. The Balaban J connectivity index is 1.40. The van der Waals surface area contributed by atoms with Crippen molar-refractivity contribution in [2.45, 2.75) is 76.3 Å². The Morgan fingerprint density at radius 3 is 2.30 bits per heavy atom. The zero-order chi connectivity index (χ0) is 21.5. The van der Waals surface area contributed by atoms with Crippen LogP contribution < -0.4 is 10.0 Å². The van der Waals surface area contributed by atoms with E-state index in [2.05, 4.69) is 10.0 Å². The Morgan fingerprint density at radius 2 is 1.60 bits per heavy atom. The normalized spacial score (nSPS) is 33.5. The second-order valence-electron chi connectivity index (χ2n) is 9.14. The Kier molecular flexibility index (Phi) is 5.98. The molecule has 0 radical (unpaired) electrons. The summed E-state index contributed by atoms with van der Waals surface area (Å²) in [5.74, 6) is -2.63. The highest BCUT2D eigenvalue weighted by atomic mass is 32.2. The standard InChI is InChI=1S/C20H29N3O6S/c24-17-9-8-16(18(25)21-17)23-19(26)14-7-6-13(10-15(14)20(23)27)22-30(28,29)11-12-4-2-1-3-5-12/h12-16,22H,1-11H2,(H,21,24,25). The SMILES string of the molecule is O=C1CCC(N2C(=O)C3CCC(NS(=O)(=O)CC4CCCCC4)CC3C2=O)C(=O)N1. The van der Waals surface area contributed by atoms with Gasteiger partial charge in [0.2, 0.25) is 33.7 Å².